The van der Waals surface area contributed by atoms with E-state index < -0.39 is 8.32 Å². The maximum atomic E-state index is 5.88. The van der Waals surface area contributed by atoms with Crippen LogP contribution in [0.5, 0.6) is 0 Å². The largest absolute Gasteiger partial charge is 0.418 e. The molecule has 0 aromatic heterocycles. The number of epoxide rings is 1. The van der Waals surface area contributed by atoms with Gasteiger partial charge in [-0.15, -0.1) is 0 Å². The lowest BCUT2D eigenvalue weighted by Crippen LogP contribution is -2.29. The summed E-state index contributed by atoms with van der Waals surface area (Å²) in [5.41, 5.74) is 0. The fourth-order valence-electron chi connectivity index (χ4n) is 3.73. The Balaban J connectivity index is 1.40. The summed E-state index contributed by atoms with van der Waals surface area (Å²) >= 11 is 0. The Kier molecular flexibility index (Phi) is 6.56. The third-order valence-electron chi connectivity index (χ3n) is 5.04. The van der Waals surface area contributed by atoms with Gasteiger partial charge < -0.3 is 9.16 Å². The van der Waals surface area contributed by atoms with Gasteiger partial charge in [0, 0.05) is 6.61 Å². The second-order valence-corrected chi connectivity index (χ2v) is 11.7. The monoisotopic (exact) mass is 298 g/mol. The van der Waals surface area contributed by atoms with Crippen molar-refractivity contribution >= 4 is 8.32 Å². The molecule has 3 unspecified atom stereocenters. The van der Waals surface area contributed by atoms with Crippen LogP contribution in [-0.2, 0) is 9.16 Å². The summed E-state index contributed by atoms with van der Waals surface area (Å²) in [5, 5.41) is 0. The standard InChI is InChI=1S/C17H34O2Si/c1-4-18-20(2,3)13-9-7-5-6-8-10-15-11-12-16-17(14-15)19-16/h15-17H,4-14H2,1-3H3. The molecule has 0 radical (unpaired) electrons. The Labute approximate surface area is 126 Å². The minimum atomic E-state index is -1.32. The zero-order valence-corrected chi connectivity index (χ0v) is 14.8. The molecule has 1 saturated carbocycles. The van der Waals surface area contributed by atoms with Crippen LogP contribution in [0.25, 0.3) is 0 Å². The maximum absolute atomic E-state index is 5.88. The molecular weight excluding hydrogens is 264 g/mol. The maximum Gasteiger partial charge on any atom is 0.186 e. The molecule has 0 N–H and O–H groups in total. The van der Waals surface area contributed by atoms with E-state index in [1.807, 2.05) is 0 Å². The molecule has 1 aliphatic carbocycles. The minimum absolute atomic E-state index is 0.666. The van der Waals surface area contributed by atoms with E-state index in [0.717, 1.165) is 12.5 Å². The third-order valence-corrected chi connectivity index (χ3v) is 7.67. The van der Waals surface area contributed by atoms with Gasteiger partial charge in [0.1, 0.15) is 0 Å². The van der Waals surface area contributed by atoms with E-state index in [-0.39, 0.29) is 0 Å². The Morgan fingerprint density at radius 3 is 2.50 bits per heavy atom. The lowest BCUT2D eigenvalue weighted by molar-refractivity contribution is 0.327. The van der Waals surface area contributed by atoms with Crippen molar-refractivity contribution in [1.29, 1.82) is 0 Å². The van der Waals surface area contributed by atoms with Crippen LogP contribution in [-0.4, -0.2) is 27.1 Å². The van der Waals surface area contributed by atoms with Crippen LogP contribution < -0.4 is 0 Å². The Hall–Kier alpha value is 0.137. The van der Waals surface area contributed by atoms with Crippen LogP contribution in [0.3, 0.4) is 0 Å². The zero-order chi connectivity index (χ0) is 14.4. The van der Waals surface area contributed by atoms with Crippen molar-refractivity contribution in [3.63, 3.8) is 0 Å². The second-order valence-electron chi connectivity index (χ2n) is 7.39. The zero-order valence-electron chi connectivity index (χ0n) is 13.8. The summed E-state index contributed by atoms with van der Waals surface area (Å²) in [7, 11) is -1.32. The number of fused-ring (bicyclic) bond motifs is 1. The Bertz CT molecular complexity index is 280. The van der Waals surface area contributed by atoms with Gasteiger partial charge in [-0.25, -0.2) is 0 Å². The van der Waals surface area contributed by atoms with Gasteiger partial charge in [0.05, 0.1) is 12.2 Å². The van der Waals surface area contributed by atoms with Crippen LogP contribution in [0.4, 0.5) is 0 Å². The number of unbranched alkanes of at least 4 members (excludes halogenated alkanes) is 4. The summed E-state index contributed by atoms with van der Waals surface area (Å²) in [6, 6.07) is 1.34. The van der Waals surface area contributed by atoms with Gasteiger partial charge in [-0.05, 0) is 51.2 Å². The van der Waals surface area contributed by atoms with E-state index in [1.54, 1.807) is 0 Å². The molecule has 3 heteroatoms. The van der Waals surface area contributed by atoms with Crippen LogP contribution >= 0.6 is 0 Å². The molecule has 0 amide bonds. The average molecular weight is 299 g/mol. The molecule has 1 heterocycles. The molecule has 1 saturated heterocycles. The molecular formula is C17H34O2Si. The quantitative estimate of drug-likeness (QED) is 0.316. The summed E-state index contributed by atoms with van der Waals surface area (Å²) in [6.07, 6.45) is 14.0. The Morgan fingerprint density at radius 2 is 1.75 bits per heavy atom. The first-order valence-electron chi connectivity index (χ1n) is 8.90. The highest BCUT2D eigenvalue weighted by atomic mass is 28.4. The molecule has 3 atom stereocenters. The second kappa shape index (κ2) is 7.95. The van der Waals surface area contributed by atoms with Crippen molar-refractivity contribution in [2.45, 2.75) is 96.1 Å². The van der Waals surface area contributed by atoms with E-state index in [4.69, 9.17) is 9.16 Å². The molecule has 118 valence electrons. The van der Waals surface area contributed by atoms with Gasteiger partial charge in [-0.2, -0.15) is 0 Å². The predicted octanol–water partition coefficient (Wildman–Crippen LogP) is 5.14. The third kappa shape index (κ3) is 5.86. The molecule has 2 fully saturated rings. The van der Waals surface area contributed by atoms with Crippen LogP contribution in [0.15, 0.2) is 0 Å². The van der Waals surface area contributed by atoms with Crippen LogP contribution in [0.1, 0.15) is 64.7 Å². The molecule has 0 aromatic carbocycles. The van der Waals surface area contributed by atoms with Crippen LogP contribution in [0, 0.1) is 5.92 Å². The van der Waals surface area contributed by atoms with E-state index in [1.165, 1.54) is 63.8 Å². The molecule has 0 aromatic rings. The minimum Gasteiger partial charge on any atom is -0.418 e. The van der Waals surface area contributed by atoms with Crippen molar-refractivity contribution in [1.82, 2.24) is 0 Å². The number of ether oxygens (including phenoxy) is 1. The van der Waals surface area contributed by atoms with Crippen molar-refractivity contribution in [3.05, 3.63) is 0 Å². The van der Waals surface area contributed by atoms with Gasteiger partial charge >= 0.3 is 0 Å². The number of hydrogen-bond acceptors (Lipinski definition) is 2. The van der Waals surface area contributed by atoms with Gasteiger partial charge in [0.25, 0.3) is 0 Å². The normalized spacial score (nSPS) is 29.2. The SMILES string of the molecule is CCO[Si](C)(C)CCCCCCCC1CCC2OC2C1. The highest BCUT2D eigenvalue weighted by molar-refractivity contribution is 6.71. The lowest BCUT2D eigenvalue weighted by atomic mass is 9.85. The van der Waals surface area contributed by atoms with Crippen molar-refractivity contribution in [2.75, 3.05) is 6.61 Å². The fourth-order valence-corrected chi connectivity index (χ4v) is 5.75. The van der Waals surface area contributed by atoms with Gasteiger partial charge in [0.2, 0.25) is 0 Å². The van der Waals surface area contributed by atoms with E-state index >= 15 is 0 Å². The van der Waals surface area contributed by atoms with Crippen LogP contribution in [0.2, 0.25) is 19.1 Å². The van der Waals surface area contributed by atoms with Crippen molar-refractivity contribution in [3.8, 4) is 0 Å². The van der Waals surface area contributed by atoms with E-state index in [9.17, 15) is 0 Å². The highest BCUT2D eigenvalue weighted by Gasteiger charge is 2.43. The highest BCUT2D eigenvalue weighted by Crippen LogP contribution is 2.41. The molecule has 2 aliphatic rings. The first-order chi connectivity index (χ1) is 9.61. The molecule has 2 rings (SSSR count). The first kappa shape index (κ1) is 16.5. The molecule has 2 nitrogen and oxygen atoms in total. The van der Waals surface area contributed by atoms with Crippen molar-refractivity contribution < 1.29 is 9.16 Å². The topological polar surface area (TPSA) is 21.8 Å². The molecule has 0 bridgehead atoms. The molecule has 1 aliphatic heterocycles. The lowest BCUT2D eigenvalue weighted by Gasteiger charge is -2.21. The first-order valence-corrected chi connectivity index (χ1v) is 12.0. The summed E-state index contributed by atoms with van der Waals surface area (Å²) in [4.78, 5) is 0. The number of rotatable bonds is 10. The molecule has 0 spiro atoms. The van der Waals surface area contributed by atoms with Gasteiger partial charge in [-0.3, -0.25) is 0 Å². The van der Waals surface area contributed by atoms with Gasteiger partial charge in [0.15, 0.2) is 8.32 Å². The average Bonchev–Trinajstić information content (AvgIpc) is 3.15. The smallest absolute Gasteiger partial charge is 0.186 e. The molecule has 20 heavy (non-hydrogen) atoms. The number of hydrogen-bond donors (Lipinski definition) is 0. The Morgan fingerprint density at radius 1 is 1.00 bits per heavy atom. The van der Waals surface area contributed by atoms with E-state index in [0.29, 0.717) is 12.2 Å². The fraction of sp³-hybridized carbons (Fsp3) is 1.00. The summed E-state index contributed by atoms with van der Waals surface area (Å²) < 4.78 is 11.5. The predicted molar refractivity (Wildman–Crippen MR) is 87.6 cm³/mol. The van der Waals surface area contributed by atoms with Gasteiger partial charge in [-0.1, -0.05) is 38.5 Å². The van der Waals surface area contributed by atoms with E-state index in [2.05, 4.69) is 20.0 Å². The summed E-state index contributed by atoms with van der Waals surface area (Å²) in [5.74, 6) is 0.975. The summed E-state index contributed by atoms with van der Waals surface area (Å²) in [6.45, 7) is 7.72. The van der Waals surface area contributed by atoms with Crippen molar-refractivity contribution in [2.24, 2.45) is 5.92 Å².